The van der Waals surface area contributed by atoms with Crippen molar-refractivity contribution in [1.82, 2.24) is 45.0 Å². The molecule has 0 radical (unpaired) electrons. The zero-order valence-electron chi connectivity index (χ0n) is 17.6. The number of hydrogen-bond acceptors (Lipinski definition) is 7. The van der Waals surface area contributed by atoms with Gasteiger partial charge in [-0.05, 0) is 55.6 Å². The lowest BCUT2D eigenvalue weighted by Crippen LogP contribution is -2.29. The molecule has 160 valence electrons. The fraction of sp³-hybridized carbons (Fsp3) is 0.304. The van der Waals surface area contributed by atoms with Gasteiger partial charge in [0.1, 0.15) is 0 Å². The minimum Gasteiger partial charge on any atom is -0.317 e. The molecule has 0 atom stereocenters. The maximum atomic E-state index is 4.82. The Kier molecular flexibility index (Phi) is 4.80. The Morgan fingerprint density at radius 3 is 2.94 bits per heavy atom. The summed E-state index contributed by atoms with van der Waals surface area (Å²) >= 11 is 0. The second kappa shape index (κ2) is 8.08. The predicted octanol–water partition coefficient (Wildman–Crippen LogP) is 2.68. The second-order valence-electron chi connectivity index (χ2n) is 8.32. The lowest BCUT2D eigenvalue weighted by atomic mass is 9.98. The molecule has 1 saturated heterocycles. The van der Waals surface area contributed by atoms with Crippen LogP contribution < -0.4 is 5.32 Å². The number of piperidine rings is 1. The number of nitrogens with one attached hydrogen (secondary N) is 1. The van der Waals surface area contributed by atoms with Crippen molar-refractivity contribution >= 4 is 22.2 Å². The first-order valence-electron chi connectivity index (χ1n) is 11.0. The highest BCUT2D eigenvalue weighted by Gasteiger charge is 2.16. The van der Waals surface area contributed by atoms with E-state index in [1.54, 1.807) is 17.1 Å². The van der Waals surface area contributed by atoms with Gasteiger partial charge in [-0.25, -0.2) is 14.6 Å². The maximum absolute atomic E-state index is 4.82. The van der Waals surface area contributed by atoms with E-state index in [-0.39, 0.29) is 0 Å². The number of pyridine rings is 1. The predicted molar refractivity (Wildman–Crippen MR) is 121 cm³/mol. The third-order valence-corrected chi connectivity index (χ3v) is 6.06. The first-order chi connectivity index (χ1) is 15.8. The summed E-state index contributed by atoms with van der Waals surface area (Å²) in [5.41, 5.74) is 5.03. The number of rotatable bonds is 5. The Labute approximate surface area is 184 Å². The van der Waals surface area contributed by atoms with Gasteiger partial charge in [-0.2, -0.15) is 5.10 Å². The van der Waals surface area contributed by atoms with E-state index in [1.807, 2.05) is 23.0 Å². The molecular weight excluding hydrogens is 402 g/mol. The molecule has 0 spiro atoms. The molecule has 4 aromatic heterocycles. The highest BCUT2D eigenvalue weighted by Crippen LogP contribution is 2.21. The van der Waals surface area contributed by atoms with Crippen molar-refractivity contribution in [3.05, 3.63) is 60.7 Å². The Hall–Kier alpha value is -3.72. The van der Waals surface area contributed by atoms with E-state index in [9.17, 15) is 0 Å². The molecule has 9 heteroatoms. The third kappa shape index (κ3) is 3.71. The van der Waals surface area contributed by atoms with Gasteiger partial charge in [0.25, 0.3) is 0 Å². The van der Waals surface area contributed by atoms with Crippen LogP contribution in [0.3, 0.4) is 0 Å². The largest absolute Gasteiger partial charge is 0.317 e. The average molecular weight is 426 g/mol. The fourth-order valence-electron chi connectivity index (χ4n) is 4.32. The van der Waals surface area contributed by atoms with Crippen LogP contribution in [0.1, 0.15) is 18.4 Å². The molecule has 1 aliphatic heterocycles. The monoisotopic (exact) mass is 425 g/mol. The molecule has 0 unspecified atom stereocenters. The summed E-state index contributed by atoms with van der Waals surface area (Å²) in [5.74, 6) is 0.667. The molecule has 0 bridgehead atoms. The number of hydrogen-bond donors (Lipinski definition) is 1. The lowest BCUT2D eigenvalue weighted by molar-refractivity contribution is 0.321. The van der Waals surface area contributed by atoms with E-state index in [0.717, 1.165) is 47.4 Å². The minimum absolute atomic E-state index is 0.540. The van der Waals surface area contributed by atoms with Crippen molar-refractivity contribution in [3.63, 3.8) is 0 Å². The van der Waals surface area contributed by atoms with Crippen molar-refractivity contribution in [1.29, 1.82) is 0 Å². The average Bonchev–Trinajstić information content (AvgIpc) is 3.46. The normalized spacial score (nSPS) is 15.0. The maximum Gasteiger partial charge on any atom is 0.221 e. The second-order valence-corrected chi connectivity index (χ2v) is 8.32. The zero-order chi connectivity index (χ0) is 21.3. The lowest BCUT2D eigenvalue weighted by Gasteiger charge is -2.22. The van der Waals surface area contributed by atoms with Gasteiger partial charge in [-0.1, -0.05) is 17.3 Å². The van der Waals surface area contributed by atoms with Crippen LogP contribution in [0.4, 0.5) is 0 Å². The van der Waals surface area contributed by atoms with Crippen molar-refractivity contribution < 1.29 is 0 Å². The first kappa shape index (κ1) is 19.0. The summed E-state index contributed by atoms with van der Waals surface area (Å²) in [6, 6.07) is 10.2. The number of benzene rings is 1. The van der Waals surface area contributed by atoms with Crippen molar-refractivity contribution in [2.75, 3.05) is 13.1 Å². The van der Waals surface area contributed by atoms with E-state index in [4.69, 9.17) is 4.98 Å². The topological polar surface area (TPSA) is 99.2 Å². The van der Waals surface area contributed by atoms with Gasteiger partial charge < -0.3 is 5.32 Å². The highest BCUT2D eigenvalue weighted by molar-refractivity contribution is 5.79. The Bertz CT molecular complexity index is 1380. The number of nitrogens with zero attached hydrogens (tertiary/aromatic N) is 8. The smallest absolute Gasteiger partial charge is 0.221 e. The molecule has 0 aliphatic carbocycles. The van der Waals surface area contributed by atoms with Crippen LogP contribution in [0, 0.1) is 5.92 Å². The fourth-order valence-corrected chi connectivity index (χ4v) is 4.32. The van der Waals surface area contributed by atoms with Crippen LogP contribution in [0.15, 0.2) is 55.1 Å². The Morgan fingerprint density at radius 1 is 1.06 bits per heavy atom. The van der Waals surface area contributed by atoms with Gasteiger partial charge >= 0.3 is 0 Å². The molecule has 1 aliphatic rings. The molecule has 1 N–H and O–H groups in total. The summed E-state index contributed by atoms with van der Waals surface area (Å²) in [4.78, 5) is 13.7. The summed E-state index contributed by atoms with van der Waals surface area (Å²) in [6.45, 7) is 3.68. The summed E-state index contributed by atoms with van der Waals surface area (Å²) in [5, 5.41) is 17.6. The Balaban J connectivity index is 1.26. The van der Waals surface area contributed by atoms with Crippen LogP contribution in [0.25, 0.3) is 33.5 Å². The van der Waals surface area contributed by atoms with E-state index in [1.165, 1.54) is 12.8 Å². The summed E-state index contributed by atoms with van der Waals surface area (Å²) < 4.78 is 3.82. The summed E-state index contributed by atoms with van der Waals surface area (Å²) in [6.07, 6.45) is 9.85. The van der Waals surface area contributed by atoms with Crippen LogP contribution in [0.5, 0.6) is 0 Å². The standard InChI is InChI=1S/C23H23N9/c1-2-18-10-17(3-4-20(18)25-7-1)14-32-23-22(29-30-32)26-12-21(28-23)19-11-27-31(15-19)13-16-5-8-24-9-6-16/h1-4,7,10-12,15-16,24H,5-6,8-9,13-14H2. The SMILES string of the molecule is c1cnc2ccc(Cn3nnc4ncc(-c5cnn(CC6CCNCC6)c5)nc43)cc2c1. The number of fused-ring (bicyclic) bond motifs is 2. The first-order valence-corrected chi connectivity index (χ1v) is 11.0. The van der Waals surface area contributed by atoms with Gasteiger partial charge in [0.2, 0.25) is 5.65 Å². The quantitative estimate of drug-likeness (QED) is 0.462. The van der Waals surface area contributed by atoms with Crippen molar-refractivity contribution in [3.8, 4) is 11.3 Å². The van der Waals surface area contributed by atoms with E-state index >= 15 is 0 Å². The van der Waals surface area contributed by atoms with E-state index in [0.29, 0.717) is 23.8 Å². The van der Waals surface area contributed by atoms with E-state index in [2.05, 4.69) is 55.1 Å². The molecule has 1 fully saturated rings. The van der Waals surface area contributed by atoms with Gasteiger partial charge in [-0.15, -0.1) is 5.10 Å². The molecular formula is C23H23N9. The highest BCUT2D eigenvalue weighted by atomic mass is 15.4. The third-order valence-electron chi connectivity index (χ3n) is 6.06. The van der Waals surface area contributed by atoms with Crippen molar-refractivity contribution in [2.45, 2.75) is 25.9 Å². The van der Waals surface area contributed by atoms with Crippen LogP contribution in [0.2, 0.25) is 0 Å². The van der Waals surface area contributed by atoms with E-state index < -0.39 is 0 Å². The Morgan fingerprint density at radius 2 is 2.00 bits per heavy atom. The van der Waals surface area contributed by atoms with Crippen molar-refractivity contribution in [2.24, 2.45) is 5.92 Å². The molecule has 0 saturated carbocycles. The molecule has 9 nitrogen and oxygen atoms in total. The van der Waals surface area contributed by atoms with Crippen LogP contribution in [-0.2, 0) is 13.1 Å². The van der Waals surface area contributed by atoms with Gasteiger partial charge in [-0.3, -0.25) is 9.67 Å². The van der Waals surface area contributed by atoms with Gasteiger partial charge in [0.05, 0.1) is 30.1 Å². The summed E-state index contributed by atoms with van der Waals surface area (Å²) in [7, 11) is 0. The zero-order valence-corrected chi connectivity index (χ0v) is 17.6. The van der Waals surface area contributed by atoms with Crippen LogP contribution in [-0.4, -0.2) is 52.8 Å². The van der Waals surface area contributed by atoms with Crippen LogP contribution >= 0.6 is 0 Å². The molecule has 0 amide bonds. The van der Waals surface area contributed by atoms with Gasteiger partial charge in [0, 0.05) is 29.9 Å². The molecule has 32 heavy (non-hydrogen) atoms. The molecule has 5 aromatic rings. The number of aromatic nitrogens is 8. The molecule has 5 heterocycles. The van der Waals surface area contributed by atoms with Gasteiger partial charge in [0.15, 0.2) is 5.65 Å². The molecule has 6 rings (SSSR count). The minimum atomic E-state index is 0.540. The molecule has 1 aromatic carbocycles.